The number of fused-ring (bicyclic) bond motifs is 1. The van der Waals surface area contributed by atoms with Crippen molar-refractivity contribution in [3.8, 4) is 0 Å². The number of nitrogens with zero attached hydrogens (tertiary/aromatic N) is 6. The fourth-order valence-corrected chi connectivity index (χ4v) is 10.5. The molecule has 0 unspecified atom stereocenters. The molecule has 118 heavy (non-hydrogen) atoms. The first kappa shape index (κ1) is 101. The van der Waals surface area contributed by atoms with E-state index in [1.54, 1.807) is 66.7 Å². The van der Waals surface area contributed by atoms with Crippen LogP contribution in [0, 0.1) is 60.7 Å². The summed E-state index contributed by atoms with van der Waals surface area (Å²) in [6.07, 6.45) is 0.377. The first-order valence-electron chi connectivity index (χ1n) is 32.3. The summed E-state index contributed by atoms with van der Waals surface area (Å²) in [5.41, 5.74) is 7.94. The van der Waals surface area contributed by atoms with Gasteiger partial charge in [0.05, 0.1) is 59.2 Å². The molecule has 0 saturated heterocycles. The molecule has 2 radical (unpaired) electrons. The van der Waals surface area contributed by atoms with Crippen LogP contribution >= 0.6 is 89.5 Å². The van der Waals surface area contributed by atoms with Crippen LogP contribution in [0.15, 0.2) is 244 Å². The molecular formula is C74H58AlBr3Cl4N8O26SSn. The Kier molecular flexibility index (Phi) is 42.8. The van der Waals surface area contributed by atoms with Crippen molar-refractivity contribution in [2.24, 2.45) is 0 Å². The minimum atomic E-state index is -4.67. The molecule has 0 atom stereocenters. The van der Waals surface area contributed by atoms with E-state index in [1.807, 2.05) is 36.4 Å². The number of amides is 1. The van der Waals surface area contributed by atoms with Crippen molar-refractivity contribution in [1.29, 1.82) is 0 Å². The number of ketones is 4. The van der Waals surface area contributed by atoms with Gasteiger partial charge in [-0.1, -0.05) is 123 Å². The maximum absolute atomic E-state index is 12.7. The molecule has 10 aromatic rings. The number of ether oxygens (including phenoxy) is 2. The van der Waals surface area contributed by atoms with E-state index in [1.165, 1.54) is 105 Å². The number of nitrogens with two attached hydrogens (primary N) is 1. The average molecular weight is 2030 g/mol. The van der Waals surface area contributed by atoms with E-state index < -0.39 is 91.7 Å². The molecule has 1 aliphatic rings. The quantitative estimate of drug-likeness (QED) is 0.00633. The predicted octanol–water partition coefficient (Wildman–Crippen LogP) is 16.6. The van der Waals surface area contributed by atoms with Crippen molar-refractivity contribution in [2.45, 2.75) is 26.2 Å². The Morgan fingerprint density at radius 3 is 1.16 bits per heavy atom. The Hall–Kier alpha value is -11.0. The summed E-state index contributed by atoms with van der Waals surface area (Å²) in [5, 5.41) is 67.0. The van der Waals surface area contributed by atoms with Crippen LogP contribution in [0.25, 0.3) is 0 Å². The van der Waals surface area contributed by atoms with Gasteiger partial charge in [-0.2, -0.15) is 8.42 Å². The van der Waals surface area contributed by atoms with Crippen molar-refractivity contribution in [1.82, 2.24) is 0 Å². The summed E-state index contributed by atoms with van der Waals surface area (Å²) >= 11 is 13.0. The summed E-state index contributed by atoms with van der Waals surface area (Å²) < 4.78 is 43.5. The molecule has 0 saturated carbocycles. The molecule has 0 aliphatic carbocycles. The van der Waals surface area contributed by atoms with E-state index in [0.717, 1.165) is 56.6 Å². The number of hydrogen-bond acceptors (Lipinski definition) is 25. The van der Waals surface area contributed by atoms with E-state index in [-0.39, 0.29) is 121 Å². The molecule has 0 bridgehead atoms. The van der Waals surface area contributed by atoms with E-state index >= 15 is 0 Å². The minimum absolute atomic E-state index is 0. The number of halogens is 7. The van der Waals surface area contributed by atoms with Gasteiger partial charge in [0.15, 0.2) is 29.1 Å². The molecule has 0 spiro atoms. The van der Waals surface area contributed by atoms with Gasteiger partial charge < -0.3 is 20.5 Å². The second-order valence-corrected chi connectivity index (χ2v) is 32.8. The normalized spacial score (nSPS) is 10.4. The number of nitrogen functional groups attached to an aromatic ring is 1. The average Bonchev–Trinajstić information content (AvgIpc) is 0.892. The van der Waals surface area contributed by atoms with Gasteiger partial charge in [0, 0.05) is 131 Å². The van der Waals surface area contributed by atoms with Crippen LogP contribution in [-0.4, -0.2) is 142 Å². The Morgan fingerprint density at radius 1 is 0.458 bits per heavy atom. The summed E-state index contributed by atoms with van der Waals surface area (Å²) in [6.45, 7) is 2.89. The van der Waals surface area contributed by atoms with Crippen LogP contribution in [0.3, 0.4) is 0 Å². The number of hydrogen-bond donors (Lipinski definition) is 4. The first-order valence-corrected chi connectivity index (χ1v) is 41.7. The molecule has 34 nitrogen and oxygen atoms in total. The SMILES string of the molecule is Brc1ccccc1.CCOC(=O)C(C(=O)OCC)c1ccc(C(=O)c2cccc([N+](=O)[O-])c2)cc1[N+](=O)[O-].Nc1cccc(C(=O)c2ccc3c(c2)NC(=O)C3)c1.O=C(Cl)c1cccc([N+](=O)[O-])c1.O=C(c1ccc(Br)cc1)c1cccc([N+](=O)[O-])c1.O=C(c1cccc([N+](=O)[O-])c1)c1ccc(Br)c([N+](=O)[O-])c1.O=S(=O)(O)O.[Cl][Al]([Cl])[Cl].[SnH2]. The van der Waals surface area contributed by atoms with Crippen LogP contribution in [0.1, 0.15) is 105 Å². The summed E-state index contributed by atoms with van der Waals surface area (Å²) in [5.74, 6) is -5.35. The van der Waals surface area contributed by atoms with E-state index in [9.17, 15) is 99.0 Å². The third-order valence-electron chi connectivity index (χ3n) is 14.5. The topological polar surface area (TPSA) is 527 Å². The zero-order valence-electron chi connectivity index (χ0n) is 60.4. The fourth-order valence-electron chi connectivity index (χ4n) is 9.42. The molecule has 1 amide bonds. The van der Waals surface area contributed by atoms with Crippen molar-refractivity contribution in [3.63, 3.8) is 0 Å². The van der Waals surface area contributed by atoms with Gasteiger partial charge in [0.1, 0.15) is 0 Å². The third-order valence-corrected chi connectivity index (χ3v) is 16.4. The summed E-state index contributed by atoms with van der Waals surface area (Å²) in [6, 6.07) is 57.1. The number of nitro groups is 6. The van der Waals surface area contributed by atoms with Crippen molar-refractivity contribution in [3.05, 3.63) is 366 Å². The maximum atomic E-state index is 12.7. The Bertz CT molecular complexity index is 5470. The molecule has 10 aromatic carbocycles. The van der Waals surface area contributed by atoms with Gasteiger partial charge in [-0.25, -0.2) is 30.1 Å². The number of anilines is 2. The summed E-state index contributed by atoms with van der Waals surface area (Å²) in [7, 11) is 10.2. The number of esters is 2. The predicted molar refractivity (Wildman–Crippen MR) is 450 cm³/mol. The zero-order valence-corrected chi connectivity index (χ0v) is 74.2. The fraction of sp³-hybridized carbons (Fsp3) is 0.0811. The third kappa shape index (κ3) is 34.3. The van der Waals surface area contributed by atoms with Crippen LogP contribution < -0.4 is 11.1 Å². The van der Waals surface area contributed by atoms with Crippen LogP contribution in [0.2, 0.25) is 0 Å². The Morgan fingerprint density at radius 2 is 0.788 bits per heavy atom. The van der Waals surface area contributed by atoms with Gasteiger partial charge in [0.2, 0.25) is 5.91 Å². The van der Waals surface area contributed by atoms with Gasteiger partial charge >= 0.3 is 57.6 Å². The number of carbonyl (C=O) groups is 8. The standard InChI is InChI=1S/C20H18N2O9.C15H12N2O2.C13H7BrN2O5.C13H8BrNO3.C7H4ClNO3.C6H5Br.Al.3ClH.H2O4S.Sn.2H/c1-3-30-19(24)17(20(25)31-4-2)15-9-8-13(11-16(15)22(28)29)18(23)12-6-5-7-14(10-12)21(26)27;16-12-3-1-2-10(6-12)15(19)11-5-4-9-8-14(18)17-13(9)7-11;14-11-5-4-9(7-12(11)16(20)21)13(17)8-2-1-3-10(6-8)15(18)19;14-11-6-4-9(5-7-11)13(16)10-2-1-3-12(8-10)15(17)18;8-7(10)5-2-1-3-6(4-5)9(11)12;7-6-4-2-1-3-5-6;;;;;1-5(2,3)4;;;/h5-11,17H,3-4H2,1-2H3;1-7H,8,16H2,(H,17,18);1-7H;1-8H;1-4H;1-5H;;3*1H;(H2,1,2,3,4);;;/q;;;;;;+3;;;;;;;/p-3. The molecule has 1 heterocycles. The Balaban J connectivity index is 0.000000370. The Labute approximate surface area is 731 Å². The molecule has 612 valence electrons. The van der Waals surface area contributed by atoms with Gasteiger partial charge in [-0.05, 0) is 126 Å². The van der Waals surface area contributed by atoms with Gasteiger partial charge in [0.25, 0.3) is 39.4 Å². The molecule has 11 rings (SSSR count). The van der Waals surface area contributed by atoms with Gasteiger partial charge in [-0.3, -0.25) is 108 Å². The number of nitro benzene ring substituents is 6. The molecular weight excluding hydrogens is 1980 g/mol. The zero-order chi connectivity index (χ0) is 87.6. The molecule has 0 fully saturated rings. The number of benzene rings is 10. The van der Waals surface area contributed by atoms with Crippen molar-refractivity contribution in [2.75, 3.05) is 24.3 Å². The molecule has 1 aliphatic heterocycles. The molecule has 44 heteroatoms. The number of carbonyl (C=O) groups excluding carboxylic acids is 8. The first-order chi connectivity index (χ1) is 55.0. The van der Waals surface area contributed by atoms with Crippen LogP contribution in [0.4, 0.5) is 45.5 Å². The van der Waals surface area contributed by atoms with E-state index in [2.05, 4.69) is 53.1 Å². The van der Waals surface area contributed by atoms with Crippen LogP contribution in [0.5, 0.6) is 0 Å². The second-order valence-electron chi connectivity index (χ2n) is 22.4. The van der Waals surface area contributed by atoms with E-state index in [4.69, 9.17) is 74.5 Å². The monoisotopic (exact) mass is 2030 g/mol. The van der Waals surface area contributed by atoms with E-state index in [0.29, 0.717) is 34.4 Å². The molecule has 5 N–H and O–H groups in total. The summed E-state index contributed by atoms with van der Waals surface area (Å²) in [4.78, 5) is 157. The van der Waals surface area contributed by atoms with Gasteiger partial charge in [-0.15, -0.1) is 0 Å². The number of nitrogens with one attached hydrogen (secondary N) is 1. The van der Waals surface area contributed by atoms with Crippen molar-refractivity contribution < 1.29 is 94.9 Å². The van der Waals surface area contributed by atoms with Crippen LogP contribution in [-0.2, 0) is 40.7 Å². The second kappa shape index (κ2) is 49.9. The van der Waals surface area contributed by atoms with Crippen molar-refractivity contribution >= 4 is 227 Å². The number of non-ortho nitro benzene ring substituents is 4. The molecule has 0 aromatic heterocycles. The number of rotatable bonds is 20.